The molecule has 3 unspecified atom stereocenters. The van der Waals surface area contributed by atoms with Crippen LogP contribution in [0.15, 0.2) is 106 Å². The normalized spacial score (nSPS) is 29.6. The highest BCUT2D eigenvalue weighted by Crippen LogP contribution is 2.53. The lowest BCUT2D eigenvalue weighted by molar-refractivity contribution is -0.125. The van der Waals surface area contributed by atoms with Crippen LogP contribution in [0.1, 0.15) is 64.9 Å². The van der Waals surface area contributed by atoms with E-state index in [1.807, 2.05) is 51.1 Å². The molecule has 42 heavy (non-hydrogen) atoms. The number of hydrogen-bond donors (Lipinski definition) is 2. The Labute approximate surface area is 248 Å². The van der Waals surface area contributed by atoms with Gasteiger partial charge >= 0.3 is 0 Å². The van der Waals surface area contributed by atoms with Crippen molar-refractivity contribution in [2.24, 2.45) is 10.4 Å². The molecule has 3 aliphatic heterocycles. The van der Waals surface area contributed by atoms with Gasteiger partial charge in [-0.3, -0.25) is 9.79 Å². The Morgan fingerprint density at radius 2 is 1.95 bits per heavy atom. The number of carbonyl (C=O) groups is 1. The van der Waals surface area contributed by atoms with E-state index in [1.54, 1.807) is 4.90 Å². The first-order valence-electron chi connectivity index (χ1n) is 14.9. The standard InChI is InChI=1S/C35H42F2N4O/c1-7-25(17-27-20-35(19-22(27)3)29-15-12-16-38-32(29)40-33(35)42)30(8-2)39-31-18-28(26-13-10-9-11-14-26)23(4)41(24(31)5)21-34(6,36)37/h7-11,13-15,17,23,28,31,39H,3,5,12,16,18-21H2,1-2,4,6H3,(H,38,40,42)/b25-7+,27-17-,30-8?/t23?,28?,31?,35-/m1/s1. The van der Waals surface area contributed by atoms with Gasteiger partial charge in [0, 0.05) is 42.4 Å². The fourth-order valence-electron chi connectivity index (χ4n) is 7.03. The molecule has 3 fully saturated rings. The third-order valence-electron chi connectivity index (χ3n) is 9.23. The van der Waals surface area contributed by atoms with Crippen LogP contribution in [0.2, 0.25) is 0 Å². The van der Waals surface area contributed by atoms with E-state index in [0.717, 1.165) is 53.3 Å². The highest BCUT2D eigenvalue weighted by Gasteiger charge is 2.54. The molecule has 1 aliphatic carbocycles. The van der Waals surface area contributed by atoms with Crippen LogP contribution in [-0.4, -0.2) is 47.7 Å². The summed E-state index contributed by atoms with van der Waals surface area (Å²) < 4.78 is 28.7. The van der Waals surface area contributed by atoms with Crippen molar-refractivity contribution in [3.63, 3.8) is 0 Å². The summed E-state index contributed by atoms with van der Waals surface area (Å²) in [4.78, 5) is 19.5. The second-order valence-corrected chi connectivity index (χ2v) is 12.1. The molecule has 4 aliphatic rings. The molecule has 1 saturated carbocycles. The SMILES string of the molecule is C=C1C[C@]2(C/C1=C/C(=C\C)C(=CC)NC1CC(c3ccccc3)C(C)N(CC(C)(F)F)C1=C)C(=O)NC1=NCCC=C12. The molecule has 0 aromatic heterocycles. The Balaban J connectivity index is 1.41. The highest BCUT2D eigenvalue weighted by molar-refractivity contribution is 6.20. The summed E-state index contributed by atoms with van der Waals surface area (Å²) in [7, 11) is 0. The number of hydrogen-bond acceptors (Lipinski definition) is 4. The second-order valence-electron chi connectivity index (χ2n) is 12.1. The van der Waals surface area contributed by atoms with Gasteiger partial charge in [0.25, 0.3) is 5.92 Å². The largest absolute Gasteiger partial charge is 0.377 e. The highest BCUT2D eigenvalue weighted by atomic mass is 19.3. The maximum Gasteiger partial charge on any atom is 0.262 e. The number of nitrogens with zero attached hydrogens (tertiary/aromatic N) is 2. The number of amides is 1. The monoisotopic (exact) mass is 572 g/mol. The molecule has 5 nitrogen and oxygen atoms in total. The molecular weight excluding hydrogens is 530 g/mol. The average Bonchev–Trinajstić information content (AvgIpc) is 3.44. The molecule has 2 saturated heterocycles. The van der Waals surface area contributed by atoms with Crippen molar-refractivity contribution in [2.75, 3.05) is 13.1 Å². The fraction of sp³-hybridized carbons (Fsp3) is 0.429. The maximum absolute atomic E-state index is 14.4. The number of rotatable bonds is 7. The minimum atomic E-state index is -2.85. The summed E-state index contributed by atoms with van der Waals surface area (Å²) in [5.74, 6) is -2.09. The van der Waals surface area contributed by atoms with Crippen LogP contribution in [0.3, 0.4) is 0 Å². The minimum Gasteiger partial charge on any atom is -0.377 e. The molecule has 1 aromatic carbocycles. The summed E-state index contributed by atoms with van der Waals surface area (Å²) >= 11 is 0. The topological polar surface area (TPSA) is 56.7 Å². The van der Waals surface area contributed by atoms with Gasteiger partial charge in [-0.2, -0.15) is 0 Å². The number of piperidine rings is 1. The first-order valence-corrected chi connectivity index (χ1v) is 14.9. The van der Waals surface area contributed by atoms with Gasteiger partial charge in [0.15, 0.2) is 0 Å². The third kappa shape index (κ3) is 5.53. The Bertz CT molecular complexity index is 1430. The van der Waals surface area contributed by atoms with E-state index in [9.17, 15) is 13.6 Å². The van der Waals surface area contributed by atoms with E-state index < -0.39 is 11.3 Å². The number of aliphatic imine (C=N–C) groups is 1. The molecule has 222 valence electrons. The van der Waals surface area contributed by atoms with Crippen LogP contribution >= 0.6 is 0 Å². The van der Waals surface area contributed by atoms with E-state index in [0.29, 0.717) is 30.9 Å². The van der Waals surface area contributed by atoms with Gasteiger partial charge in [-0.15, -0.1) is 0 Å². The van der Waals surface area contributed by atoms with Gasteiger partial charge < -0.3 is 15.5 Å². The van der Waals surface area contributed by atoms with Crippen LogP contribution in [0.25, 0.3) is 0 Å². The molecule has 0 radical (unpaired) electrons. The quantitative estimate of drug-likeness (QED) is 0.347. The van der Waals surface area contributed by atoms with Crippen molar-refractivity contribution in [1.29, 1.82) is 0 Å². The predicted molar refractivity (Wildman–Crippen MR) is 166 cm³/mol. The first kappa shape index (κ1) is 29.7. The molecule has 1 aromatic rings. The summed E-state index contributed by atoms with van der Waals surface area (Å²) in [5, 5.41) is 6.67. The molecule has 0 bridgehead atoms. The smallest absolute Gasteiger partial charge is 0.262 e. The van der Waals surface area contributed by atoms with E-state index in [2.05, 4.69) is 53.1 Å². The number of dihydropyridines is 1. The van der Waals surface area contributed by atoms with Gasteiger partial charge in [-0.1, -0.05) is 67.3 Å². The second kappa shape index (κ2) is 11.5. The summed E-state index contributed by atoms with van der Waals surface area (Å²) in [6.07, 6.45) is 11.0. The molecule has 2 N–H and O–H groups in total. The molecule has 1 spiro atoms. The van der Waals surface area contributed by atoms with E-state index in [1.165, 1.54) is 0 Å². The number of allylic oxidation sites excluding steroid dienone is 5. The van der Waals surface area contributed by atoms with Crippen molar-refractivity contribution in [1.82, 2.24) is 15.5 Å². The molecule has 5 rings (SSSR count). The Morgan fingerprint density at radius 1 is 1.21 bits per heavy atom. The van der Waals surface area contributed by atoms with Crippen molar-refractivity contribution in [3.05, 3.63) is 107 Å². The average molecular weight is 573 g/mol. The van der Waals surface area contributed by atoms with Crippen LogP contribution in [0.5, 0.6) is 0 Å². The lowest BCUT2D eigenvalue weighted by atomic mass is 9.78. The van der Waals surface area contributed by atoms with E-state index in [4.69, 9.17) is 0 Å². The van der Waals surface area contributed by atoms with Crippen LogP contribution in [0.4, 0.5) is 8.78 Å². The predicted octanol–water partition coefficient (Wildman–Crippen LogP) is 6.96. The molecular formula is C35H42F2N4O. The zero-order valence-electron chi connectivity index (χ0n) is 25.1. The third-order valence-corrected chi connectivity index (χ3v) is 9.23. The Morgan fingerprint density at radius 3 is 2.62 bits per heavy atom. The van der Waals surface area contributed by atoms with Gasteiger partial charge in [-0.05, 0) is 69.2 Å². The number of nitrogens with one attached hydrogen (secondary N) is 2. The molecule has 7 heteroatoms. The van der Waals surface area contributed by atoms with Crippen molar-refractivity contribution in [3.8, 4) is 0 Å². The van der Waals surface area contributed by atoms with Gasteiger partial charge in [0.05, 0.1) is 18.0 Å². The molecule has 1 amide bonds. The van der Waals surface area contributed by atoms with E-state index in [-0.39, 0.29) is 30.5 Å². The minimum absolute atomic E-state index is 0.00208. The van der Waals surface area contributed by atoms with Gasteiger partial charge in [0.2, 0.25) is 5.91 Å². The zero-order chi connectivity index (χ0) is 30.2. The number of benzene rings is 1. The Kier molecular flexibility index (Phi) is 8.15. The Hall–Kier alpha value is -3.74. The van der Waals surface area contributed by atoms with Crippen LogP contribution in [0, 0.1) is 5.41 Å². The zero-order valence-corrected chi connectivity index (χ0v) is 25.1. The van der Waals surface area contributed by atoms with Crippen LogP contribution < -0.4 is 10.6 Å². The van der Waals surface area contributed by atoms with Crippen LogP contribution in [-0.2, 0) is 4.79 Å². The fourth-order valence-corrected chi connectivity index (χ4v) is 7.03. The summed E-state index contributed by atoms with van der Waals surface area (Å²) in [5.41, 5.74) is 6.00. The van der Waals surface area contributed by atoms with Crippen molar-refractivity contribution < 1.29 is 13.6 Å². The lowest BCUT2D eigenvalue weighted by Gasteiger charge is -2.47. The van der Waals surface area contributed by atoms with Crippen molar-refractivity contribution >= 4 is 11.7 Å². The van der Waals surface area contributed by atoms with E-state index >= 15 is 0 Å². The lowest BCUT2D eigenvalue weighted by Crippen LogP contribution is -2.53. The first-order chi connectivity index (χ1) is 20.0. The number of likely N-dealkylation sites (tertiary alicyclic amines) is 1. The number of alkyl halides is 2. The summed E-state index contributed by atoms with van der Waals surface area (Å²) in [6, 6.07) is 9.76. The summed E-state index contributed by atoms with van der Waals surface area (Å²) in [6.45, 7) is 15.9. The van der Waals surface area contributed by atoms with Crippen molar-refractivity contribution in [2.45, 2.75) is 77.3 Å². The number of fused-ring (bicyclic) bond motifs is 2. The van der Waals surface area contributed by atoms with Gasteiger partial charge in [0.1, 0.15) is 5.84 Å². The maximum atomic E-state index is 14.4. The van der Waals surface area contributed by atoms with Gasteiger partial charge in [-0.25, -0.2) is 8.78 Å². The number of halogens is 2. The number of amidine groups is 1. The molecule has 4 atom stereocenters. The number of carbonyl (C=O) groups excluding carboxylic acids is 1. The molecule has 3 heterocycles.